The van der Waals surface area contributed by atoms with Crippen LogP contribution in [0.15, 0.2) is 60.7 Å². The van der Waals surface area contributed by atoms with Crippen LogP contribution in [0.3, 0.4) is 0 Å². The molecule has 0 unspecified atom stereocenters. The number of hydrogen-bond donors (Lipinski definition) is 0. The molecule has 0 aliphatic heterocycles. The topological polar surface area (TPSA) is 0 Å². The fourth-order valence-electron chi connectivity index (χ4n) is 18.4. The summed E-state index contributed by atoms with van der Waals surface area (Å²) in [6.45, 7) is 108. The van der Waals surface area contributed by atoms with Gasteiger partial charge in [-0.15, -0.1) is 0 Å². The van der Waals surface area contributed by atoms with E-state index in [0.29, 0.717) is 0 Å². The second-order valence-corrected chi connectivity index (χ2v) is 30.8. The van der Waals surface area contributed by atoms with Gasteiger partial charge in [0.1, 0.15) is 0 Å². The van der Waals surface area contributed by atoms with E-state index in [4.69, 9.17) is 0 Å². The molecule has 120 heavy (non-hydrogen) atoms. The predicted octanol–water partition coefficient (Wildman–Crippen LogP) is 43.1. The summed E-state index contributed by atoms with van der Waals surface area (Å²) in [5.74, 6) is 16.1. The molecule has 10 aliphatic rings. The summed E-state index contributed by atoms with van der Waals surface area (Å²) in [6, 6.07) is 24.6. The molecule has 0 nitrogen and oxygen atoms in total. The first-order valence-corrected chi connectivity index (χ1v) is 48.7. The molecule has 5 aromatic carbocycles. The third-order valence-corrected chi connectivity index (χ3v) is 26.0. The van der Waals surface area contributed by atoms with Gasteiger partial charge in [0, 0.05) is 0 Å². The minimum absolute atomic E-state index is 0. The molecule has 0 aromatic heterocycles. The van der Waals surface area contributed by atoms with Gasteiger partial charge in [0.05, 0.1) is 0 Å². The maximum absolute atomic E-state index is 2.53. The Morgan fingerprint density at radius 3 is 0.542 bits per heavy atom. The zero-order valence-corrected chi connectivity index (χ0v) is 84.4. The Morgan fingerprint density at radius 2 is 0.292 bits per heavy atom. The molecule has 15 rings (SSSR count). The van der Waals surface area contributed by atoms with Crippen LogP contribution in [0.2, 0.25) is 0 Å². The lowest BCUT2D eigenvalue weighted by Gasteiger charge is -2.18. The maximum atomic E-state index is 2.53. The maximum Gasteiger partial charge on any atom is -0.0156 e. The molecule has 0 fully saturated rings. The van der Waals surface area contributed by atoms with Crippen molar-refractivity contribution < 1.29 is 0 Å². The Hall–Kier alpha value is -3.90. The highest BCUT2D eigenvalue weighted by Crippen LogP contribution is 2.52. The molecule has 0 heterocycles. The van der Waals surface area contributed by atoms with E-state index in [1.165, 1.54) is 64.2 Å². The lowest BCUT2D eigenvalue weighted by atomic mass is 9.87. The molecule has 10 aliphatic carbocycles. The van der Waals surface area contributed by atoms with Crippen molar-refractivity contribution in [3.8, 4) is 0 Å². The molecule has 0 N–H and O–H groups in total. The third kappa shape index (κ3) is 36.8. The van der Waals surface area contributed by atoms with E-state index in [9.17, 15) is 0 Å². The van der Waals surface area contributed by atoms with Gasteiger partial charge in [-0.3, -0.25) is 0 Å². The van der Waals surface area contributed by atoms with Crippen molar-refractivity contribution in [1.29, 1.82) is 0 Å². The van der Waals surface area contributed by atoms with Crippen molar-refractivity contribution >= 4 is 0 Å². The standard InChI is InChI=1S/5C16H22.15C2H6.10CH4/c1-9-5-13-7-16-12(4)10(2)6-14(16)8-15(13)11(9)3;1-9-5-13-7-14-6-10(2)12(4)16(14)8-15(13)11(9)3;1-9-7-13-5-6-14-11(3)10(2)8-15(14)16(13)12(9)4;1-9-7-15-13(11(9)3)5-6-14-12(4)10(2)8-16(14)15;1-9-7-13-5-6-14-8-10(2)12(4)16(14)15(13)11(9)3;15*1-2;;;;;;;;;;/h2*7-12H,5-6H2,1-4H3;3*5-6,9-12H,7-8H2,1-4H3;15*1-2H3;10*1H4/t9-,10-,11-,12-;9-,10+,11-,12+;9-,10-,11-,12-;2*9-,10+,11-,12+;;;;;;;;;;;;;;;;;;;;;;;;;/m1.1.........................../s1. The van der Waals surface area contributed by atoms with Gasteiger partial charge < -0.3 is 0 Å². The van der Waals surface area contributed by atoms with Crippen LogP contribution in [0.1, 0.15) is 591 Å². The minimum atomic E-state index is 0. The van der Waals surface area contributed by atoms with Crippen LogP contribution >= 0.6 is 0 Å². The molecule has 0 saturated carbocycles. The van der Waals surface area contributed by atoms with E-state index in [2.05, 4.69) is 199 Å². The number of benzene rings is 5. The van der Waals surface area contributed by atoms with Gasteiger partial charge in [-0.1, -0.05) is 481 Å². The van der Waals surface area contributed by atoms with Crippen LogP contribution < -0.4 is 0 Å². The van der Waals surface area contributed by atoms with Gasteiger partial charge in [0.25, 0.3) is 0 Å². The van der Waals surface area contributed by atoms with Crippen LogP contribution in [0.25, 0.3) is 0 Å². The predicted molar refractivity (Wildman–Crippen MR) is 583 cm³/mol. The molecule has 0 heteroatoms. The van der Waals surface area contributed by atoms with Gasteiger partial charge in [0.15, 0.2) is 0 Å². The fourth-order valence-corrected chi connectivity index (χ4v) is 18.4. The summed E-state index contributed by atoms with van der Waals surface area (Å²) in [4.78, 5) is 0. The quantitative estimate of drug-likeness (QED) is 0.145. The van der Waals surface area contributed by atoms with Crippen LogP contribution in [0.5, 0.6) is 0 Å². The zero-order chi connectivity index (χ0) is 87.2. The Labute approximate surface area is 770 Å². The van der Waals surface area contributed by atoms with Crippen molar-refractivity contribution in [3.05, 3.63) is 172 Å². The zero-order valence-electron chi connectivity index (χ0n) is 84.4. The van der Waals surface area contributed by atoms with E-state index in [-0.39, 0.29) is 74.3 Å². The van der Waals surface area contributed by atoms with Crippen LogP contribution in [0, 0.1) is 59.2 Å². The number of fused-ring (bicyclic) bond motifs is 13. The summed E-state index contributed by atoms with van der Waals surface area (Å²) in [5, 5.41) is 0. The van der Waals surface area contributed by atoms with Gasteiger partial charge >= 0.3 is 0 Å². The Bertz CT molecular complexity index is 2950. The summed E-state index contributed by atoms with van der Waals surface area (Å²) >= 11 is 0. The van der Waals surface area contributed by atoms with Gasteiger partial charge in [0.2, 0.25) is 0 Å². The third-order valence-electron chi connectivity index (χ3n) is 26.0. The second-order valence-electron chi connectivity index (χ2n) is 30.8. The largest absolute Gasteiger partial charge is 0.0776 e. The minimum Gasteiger partial charge on any atom is -0.0776 e. The highest BCUT2D eigenvalue weighted by molar-refractivity contribution is 5.54. The smallest absolute Gasteiger partial charge is 0.0156 e. The molecule has 0 bridgehead atoms. The van der Waals surface area contributed by atoms with Crippen molar-refractivity contribution in [2.45, 2.75) is 544 Å². The van der Waals surface area contributed by atoms with Crippen LogP contribution in [-0.2, 0) is 64.2 Å². The molecule has 5 aromatic rings. The van der Waals surface area contributed by atoms with Crippen molar-refractivity contribution in [2.75, 3.05) is 0 Å². The van der Waals surface area contributed by atoms with Crippen LogP contribution in [-0.4, -0.2) is 0 Å². The van der Waals surface area contributed by atoms with E-state index < -0.39 is 0 Å². The SMILES string of the molecule is C.C.C.C.C.C.C.C.C.C.CC.CC.CC.CC.CC.CC.CC.CC.CC.CC.CC.CC.CC.CC.CC.C[C@@H]1Cc2c(ccc3c2C[C@H](C)[C@@H]3C)[C@@H]1C.C[C@@H]1Cc2c(ccc3c2[C@H](C)[C@H](C)C3)[C@@H]1C.C[C@@H]1Cc2cc3c(cc2[C@@H]1C)C[C@@H](C)[C@H]3C.C[C@@H]1Cc2cc3c(cc2[C@@H]1C)[C@@H](C)[C@@H](C)C3.C[C@@H]1Cc2ccc3c(c2[C@@H]1C)[C@@H](C)[C@@H](C)C3. The summed E-state index contributed by atoms with van der Waals surface area (Å²) in [6.07, 6.45) is 13.0. The normalized spacial score (nSPS) is 24.9. The molecule has 0 spiro atoms. The Balaban J connectivity index is -0.0000000802. The summed E-state index contributed by atoms with van der Waals surface area (Å²) < 4.78 is 0. The average Bonchev–Trinajstić information content (AvgIpc) is 1.58. The summed E-state index contributed by atoms with van der Waals surface area (Å²) in [7, 11) is 0. The molecule has 720 valence electrons. The fraction of sp³-hybridized carbons (Fsp3) is 0.750. The second kappa shape index (κ2) is 80.9. The molecule has 0 amide bonds. The molecular weight excluding hydrogens is 1440 g/mol. The van der Waals surface area contributed by atoms with Crippen molar-refractivity contribution in [2.24, 2.45) is 59.2 Å². The monoisotopic (exact) mass is 1680 g/mol. The van der Waals surface area contributed by atoms with Crippen molar-refractivity contribution in [3.63, 3.8) is 0 Å². The number of rotatable bonds is 0. The summed E-state index contributed by atoms with van der Waals surface area (Å²) in [5.41, 5.74) is 33.3. The molecule has 0 saturated heterocycles. The average molecular weight is 1680 g/mol. The lowest BCUT2D eigenvalue weighted by Crippen LogP contribution is -2.04. The van der Waals surface area contributed by atoms with Gasteiger partial charge in [-0.2, -0.15) is 0 Å². The van der Waals surface area contributed by atoms with E-state index in [0.717, 1.165) is 118 Å². The first-order chi connectivity index (χ1) is 52.9. The van der Waals surface area contributed by atoms with E-state index >= 15 is 0 Å². The van der Waals surface area contributed by atoms with Crippen LogP contribution in [0.4, 0.5) is 0 Å². The van der Waals surface area contributed by atoms with E-state index in [1.807, 2.05) is 208 Å². The highest BCUT2D eigenvalue weighted by atomic mass is 14.4. The Morgan fingerprint density at radius 1 is 0.142 bits per heavy atom. The highest BCUT2D eigenvalue weighted by Gasteiger charge is 2.39. The Kier molecular flexibility index (Phi) is 101. The molecular formula is C120H240. The molecule has 20 atom stereocenters. The van der Waals surface area contributed by atoms with Gasteiger partial charge in [-0.05, 0) is 294 Å². The number of hydrogen-bond acceptors (Lipinski definition) is 0. The van der Waals surface area contributed by atoms with Crippen molar-refractivity contribution in [1.82, 2.24) is 0 Å². The molecule has 0 radical (unpaired) electrons. The first-order valence-electron chi connectivity index (χ1n) is 48.7. The lowest BCUT2D eigenvalue weighted by molar-refractivity contribution is 0.511. The van der Waals surface area contributed by atoms with E-state index in [1.54, 1.807) is 111 Å². The first kappa shape index (κ1) is 150. The van der Waals surface area contributed by atoms with Gasteiger partial charge in [-0.25, -0.2) is 0 Å².